The van der Waals surface area contributed by atoms with Crippen molar-refractivity contribution in [2.75, 3.05) is 64.1 Å². The predicted molar refractivity (Wildman–Crippen MR) is 85.8 cm³/mol. The first-order chi connectivity index (χ1) is 10.7. The van der Waals surface area contributed by atoms with Crippen molar-refractivity contribution in [3.05, 3.63) is 0 Å². The van der Waals surface area contributed by atoms with Gasteiger partial charge in [-0.15, -0.1) is 0 Å². The molecule has 0 atom stereocenters. The van der Waals surface area contributed by atoms with Crippen LogP contribution in [0.25, 0.3) is 0 Å². The van der Waals surface area contributed by atoms with Crippen LogP contribution in [0.4, 0.5) is 4.79 Å². The van der Waals surface area contributed by atoms with Crippen molar-refractivity contribution in [2.24, 2.45) is 4.99 Å². The number of rotatable bonds is 4. The molecule has 22 heavy (non-hydrogen) atoms. The molecule has 0 aliphatic carbocycles. The van der Waals surface area contributed by atoms with Crippen molar-refractivity contribution in [3.8, 4) is 0 Å². The summed E-state index contributed by atoms with van der Waals surface area (Å²) in [6.07, 6.45) is 0.177. The summed E-state index contributed by atoms with van der Waals surface area (Å²) in [4.78, 5) is 20.1. The largest absolute Gasteiger partial charge is 0.616 e. The fourth-order valence-corrected chi connectivity index (χ4v) is 3.62. The van der Waals surface area contributed by atoms with Gasteiger partial charge in [-0.2, -0.15) is 4.99 Å². The number of hydrogen-bond donors (Lipinski definition) is 0. The van der Waals surface area contributed by atoms with E-state index in [1.54, 1.807) is 0 Å². The maximum Gasteiger partial charge on any atom is 0.435 e. The molecule has 2 heterocycles. The molecule has 1 amide bonds. The summed E-state index contributed by atoms with van der Waals surface area (Å²) in [7, 11) is 0. The van der Waals surface area contributed by atoms with Crippen molar-refractivity contribution < 1.29 is 18.8 Å². The van der Waals surface area contributed by atoms with Gasteiger partial charge in [-0.1, -0.05) is 18.1 Å². The van der Waals surface area contributed by atoms with E-state index in [1.165, 1.54) is 0 Å². The molecule has 2 aliphatic rings. The van der Waals surface area contributed by atoms with Gasteiger partial charge in [0.1, 0.15) is 23.9 Å². The third-order valence-corrected chi connectivity index (χ3v) is 5.09. The summed E-state index contributed by atoms with van der Waals surface area (Å²) in [5.41, 5.74) is 0. The molecule has 0 unspecified atom stereocenters. The number of ether oxygens (including phenoxy) is 2. The van der Waals surface area contributed by atoms with Gasteiger partial charge in [0.2, 0.25) is 0 Å². The van der Waals surface area contributed by atoms with Crippen LogP contribution in [0.3, 0.4) is 0 Å². The van der Waals surface area contributed by atoms with E-state index in [0.717, 1.165) is 32.0 Å². The van der Waals surface area contributed by atoms with E-state index in [2.05, 4.69) is 14.8 Å². The molecule has 8 heteroatoms. The number of aliphatic imine (C=N–C) groups is 1. The molecular formula is C14H25N3O4S. The van der Waals surface area contributed by atoms with E-state index in [4.69, 9.17) is 9.47 Å². The van der Waals surface area contributed by atoms with Crippen LogP contribution in [-0.2, 0) is 20.6 Å². The van der Waals surface area contributed by atoms with Crippen LogP contribution in [-0.4, -0.2) is 90.3 Å². The van der Waals surface area contributed by atoms with Crippen molar-refractivity contribution in [1.29, 1.82) is 0 Å². The highest BCUT2D eigenvalue weighted by atomic mass is 32.2. The molecular weight excluding hydrogens is 306 g/mol. The van der Waals surface area contributed by atoms with E-state index < -0.39 is 17.3 Å². The molecule has 0 aromatic heterocycles. The van der Waals surface area contributed by atoms with Crippen molar-refractivity contribution in [2.45, 2.75) is 13.3 Å². The van der Waals surface area contributed by atoms with Crippen LogP contribution < -0.4 is 0 Å². The lowest BCUT2D eigenvalue weighted by molar-refractivity contribution is 0.0669. The fraction of sp³-hybridized carbons (Fsp3) is 0.857. The summed E-state index contributed by atoms with van der Waals surface area (Å²) >= 11 is -0.674. The maximum absolute atomic E-state index is 11.8. The molecule has 0 spiro atoms. The third kappa shape index (κ3) is 5.75. The third-order valence-electron chi connectivity index (χ3n) is 3.82. The highest BCUT2D eigenvalue weighted by molar-refractivity contribution is 7.91. The number of morpholine rings is 1. The standard InChI is InChI=1S/C14H25N3O4S/c1-2-13(17-4-8-20-9-5-17)15-14(18)21-10-3-16-6-11-22(19)12-7-16/h2-12H2,1H3/b15-13-. The molecule has 126 valence electrons. The molecule has 0 radical (unpaired) electrons. The molecule has 0 bridgehead atoms. The number of amidine groups is 1. The summed E-state index contributed by atoms with van der Waals surface area (Å²) in [5, 5.41) is 0. The zero-order chi connectivity index (χ0) is 15.8. The zero-order valence-electron chi connectivity index (χ0n) is 13.2. The Morgan fingerprint density at radius 1 is 1.27 bits per heavy atom. The lowest BCUT2D eigenvalue weighted by Crippen LogP contribution is -2.42. The maximum atomic E-state index is 11.8. The number of nitrogens with zero attached hydrogens (tertiary/aromatic N) is 3. The van der Waals surface area contributed by atoms with Crippen LogP contribution in [0.2, 0.25) is 0 Å². The van der Waals surface area contributed by atoms with Crippen molar-refractivity contribution in [1.82, 2.24) is 9.80 Å². The van der Waals surface area contributed by atoms with Crippen molar-refractivity contribution >= 4 is 23.1 Å². The summed E-state index contributed by atoms with van der Waals surface area (Å²) in [6.45, 7) is 7.48. The van der Waals surface area contributed by atoms with Gasteiger partial charge in [-0.05, 0) is 0 Å². The van der Waals surface area contributed by atoms with Gasteiger partial charge >= 0.3 is 6.09 Å². The monoisotopic (exact) mass is 331 g/mol. The van der Waals surface area contributed by atoms with Gasteiger partial charge in [0.15, 0.2) is 0 Å². The Kier molecular flexibility index (Phi) is 7.44. The van der Waals surface area contributed by atoms with E-state index >= 15 is 0 Å². The molecule has 0 N–H and O–H groups in total. The molecule has 2 rings (SSSR count). The quantitative estimate of drug-likeness (QED) is 0.420. The Hall–Kier alpha value is -0.830. The van der Waals surface area contributed by atoms with Gasteiger partial charge in [0, 0.05) is 39.1 Å². The van der Waals surface area contributed by atoms with Crippen LogP contribution in [0.15, 0.2) is 4.99 Å². The summed E-state index contributed by atoms with van der Waals surface area (Å²) in [5.74, 6) is 2.19. The number of amides is 1. The zero-order valence-corrected chi connectivity index (χ0v) is 14.0. The SMILES string of the molecule is CC/C(=N/C(=O)OCCN1CC[S+]([O-])CC1)N1CCOCC1. The summed E-state index contributed by atoms with van der Waals surface area (Å²) < 4.78 is 21.8. The molecule has 0 saturated carbocycles. The van der Waals surface area contributed by atoms with E-state index in [0.29, 0.717) is 44.3 Å². The second-order valence-electron chi connectivity index (χ2n) is 5.29. The van der Waals surface area contributed by atoms with Gasteiger partial charge in [0.05, 0.1) is 13.2 Å². The van der Waals surface area contributed by atoms with Gasteiger partial charge < -0.3 is 18.9 Å². The van der Waals surface area contributed by atoms with Gasteiger partial charge in [-0.25, -0.2) is 4.79 Å². The van der Waals surface area contributed by atoms with Crippen LogP contribution in [0, 0.1) is 0 Å². The fourth-order valence-electron chi connectivity index (χ4n) is 2.49. The minimum atomic E-state index is -0.674. The van der Waals surface area contributed by atoms with E-state index in [-0.39, 0.29) is 0 Å². The highest BCUT2D eigenvalue weighted by Crippen LogP contribution is 2.05. The molecule has 0 aromatic carbocycles. The number of carbonyl (C=O) groups is 1. The van der Waals surface area contributed by atoms with Crippen LogP contribution in [0.1, 0.15) is 13.3 Å². The predicted octanol–water partition coefficient (Wildman–Crippen LogP) is 0.328. The average molecular weight is 331 g/mol. The molecule has 2 aliphatic heterocycles. The van der Waals surface area contributed by atoms with Gasteiger partial charge in [0.25, 0.3) is 0 Å². The van der Waals surface area contributed by atoms with E-state index in [9.17, 15) is 9.35 Å². The second-order valence-corrected chi connectivity index (χ2v) is 6.98. The topological polar surface area (TPSA) is 77.4 Å². The van der Waals surface area contributed by atoms with Crippen LogP contribution >= 0.6 is 0 Å². The Morgan fingerprint density at radius 2 is 1.95 bits per heavy atom. The lowest BCUT2D eigenvalue weighted by atomic mass is 10.3. The highest BCUT2D eigenvalue weighted by Gasteiger charge is 2.19. The molecule has 2 fully saturated rings. The normalized spacial score (nSPS) is 21.9. The van der Waals surface area contributed by atoms with Crippen molar-refractivity contribution in [3.63, 3.8) is 0 Å². The minimum absolute atomic E-state index is 0.328. The minimum Gasteiger partial charge on any atom is -0.616 e. The first-order valence-electron chi connectivity index (χ1n) is 7.83. The smallest absolute Gasteiger partial charge is 0.435 e. The first-order valence-corrected chi connectivity index (χ1v) is 9.32. The lowest BCUT2D eigenvalue weighted by Gasteiger charge is -2.29. The van der Waals surface area contributed by atoms with Gasteiger partial charge in [-0.3, -0.25) is 4.90 Å². The second kappa shape index (κ2) is 9.34. The number of hydrogen-bond acceptors (Lipinski definition) is 5. The Balaban J connectivity index is 1.70. The van der Waals surface area contributed by atoms with Crippen LogP contribution in [0.5, 0.6) is 0 Å². The average Bonchev–Trinajstić information content (AvgIpc) is 2.55. The Morgan fingerprint density at radius 3 is 2.59 bits per heavy atom. The summed E-state index contributed by atoms with van der Waals surface area (Å²) in [6, 6.07) is 0. The Bertz CT molecular complexity index is 380. The van der Waals surface area contributed by atoms with E-state index in [1.807, 2.05) is 6.92 Å². The first kappa shape index (κ1) is 17.5. The number of carbonyl (C=O) groups excluding carboxylic acids is 1. The molecule has 0 aromatic rings. The molecule has 7 nitrogen and oxygen atoms in total. The Labute approximate surface area is 134 Å². The molecule has 2 saturated heterocycles.